The van der Waals surface area contributed by atoms with Crippen LogP contribution in [0.4, 0.5) is 0 Å². The molecule has 0 saturated carbocycles. The maximum Gasteiger partial charge on any atom is 0.390 e. The van der Waals surface area contributed by atoms with Gasteiger partial charge in [0.05, 0.1) is 6.54 Å². The molecule has 1 unspecified atom stereocenters. The molecule has 0 aromatic rings. The molecule has 1 aliphatic rings. The molecule has 0 fully saturated rings. The lowest BCUT2D eigenvalue weighted by atomic mass is 10.3. The van der Waals surface area contributed by atoms with Gasteiger partial charge >= 0.3 is 17.8 Å². The smallest absolute Gasteiger partial charge is 0.321 e. The van der Waals surface area contributed by atoms with Crippen LogP contribution in [0.3, 0.4) is 0 Å². The number of imide groups is 1. The SMILES string of the molecule is C[C@H](N)C(=O)[N+]1(OC(=O)CN)C=NCC1=O. The van der Waals surface area contributed by atoms with Crippen molar-refractivity contribution in [1.82, 2.24) is 0 Å². The first kappa shape index (κ1) is 12.4. The third-order valence-corrected chi connectivity index (χ3v) is 1.97. The van der Waals surface area contributed by atoms with E-state index in [1.54, 1.807) is 0 Å². The monoisotopic (exact) mass is 229 g/mol. The quantitative estimate of drug-likeness (QED) is 0.511. The third-order valence-electron chi connectivity index (χ3n) is 1.97. The summed E-state index contributed by atoms with van der Waals surface area (Å²) >= 11 is 0. The van der Waals surface area contributed by atoms with Gasteiger partial charge < -0.3 is 11.5 Å². The van der Waals surface area contributed by atoms with Crippen LogP contribution >= 0.6 is 0 Å². The minimum Gasteiger partial charge on any atom is -0.321 e. The second kappa shape index (κ2) is 4.47. The second-order valence-corrected chi connectivity index (χ2v) is 3.30. The first-order chi connectivity index (χ1) is 7.44. The molecule has 8 nitrogen and oxygen atoms in total. The van der Waals surface area contributed by atoms with E-state index in [2.05, 4.69) is 4.99 Å². The molecule has 2 amide bonds. The highest BCUT2D eigenvalue weighted by Crippen LogP contribution is 2.15. The van der Waals surface area contributed by atoms with Gasteiger partial charge in [-0.15, -0.1) is 0 Å². The molecular formula is C8H13N4O4+. The van der Waals surface area contributed by atoms with Gasteiger partial charge in [0.2, 0.25) is 6.34 Å². The van der Waals surface area contributed by atoms with Gasteiger partial charge in [-0.2, -0.15) is 0 Å². The van der Waals surface area contributed by atoms with Crippen LogP contribution in [0.25, 0.3) is 0 Å². The molecular weight excluding hydrogens is 216 g/mol. The van der Waals surface area contributed by atoms with E-state index in [1.807, 2.05) is 0 Å². The zero-order valence-electron chi connectivity index (χ0n) is 8.75. The summed E-state index contributed by atoms with van der Waals surface area (Å²) in [5, 5.41) is 0. The average molecular weight is 229 g/mol. The van der Waals surface area contributed by atoms with E-state index in [0.29, 0.717) is 0 Å². The van der Waals surface area contributed by atoms with Crippen LogP contribution in [0, 0.1) is 0 Å². The zero-order chi connectivity index (χ0) is 12.3. The van der Waals surface area contributed by atoms with E-state index in [4.69, 9.17) is 16.3 Å². The van der Waals surface area contributed by atoms with Gasteiger partial charge in [0.1, 0.15) is 6.04 Å². The van der Waals surface area contributed by atoms with Gasteiger partial charge in [0, 0.05) is 4.65 Å². The summed E-state index contributed by atoms with van der Waals surface area (Å²) in [6.45, 7) is 0.724. The molecule has 4 N–H and O–H groups in total. The van der Waals surface area contributed by atoms with Crippen molar-refractivity contribution < 1.29 is 23.9 Å². The fourth-order valence-electron chi connectivity index (χ4n) is 1.20. The summed E-state index contributed by atoms with van der Waals surface area (Å²) in [6.07, 6.45) is 0.960. The number of aliphatic imine (C=N–C) groups is 1. The molecule has 2 atom stereocenters. The van der Waals surface area contributed by atoms with Crippen molar-refractivity contribution in [3.63, 3.8) is 0 Å². The van der Waals surface area contributed by atoms with Gasteiger partial charge in [-0.25, -0.2) is 19.4 Å². The Morgan fingerprint density at radius 3 is 2.69 bits per heavy atom. The van der Waals surface area contributed by atoms with Gasteiger partial charge in [-0.1, -0.05) is 0 Å². The number of carbonyl (C=O) groups excluding carboxylic acids is 3. The number of hydrogen-bond donors (Lipinski definition) is 2. The summed E-state index contributed by atoms with van der Waals surface area (Å²) in [7, 11) is 0. The van der Waals surface area contributed by atoms with Crippen molar-refractivity contribution in [1.29, 1.82) is 0 Å². The molecule has 1 heterocycles. The number of quaternary nitrogens is 1. The van der Waals surface area contributed by atoms with Gasteiger partial charge in [-0.05, 0) is 6.92 Å². The maximum atomic E-state index is 11.7. The third kappa shape index (κ3) is 1.98. The van der Waals surface area contributed by atoms with Crippen molar-refractivity contribution >= 4 is 24.1 Å². The van der Waals surface area contributed by atoms with E-state index in [9.17, 15) is 14.4 Å². The van der Waals surface area contributed by atoms with Gasteiger partial charge in [0.15, 0.2) is 6.54 Å². The molecule has 88 valence electrons. The van der Waals surface area contributed by atoms with E-state index >= 15 is 0 Å². The lowest BCUT2D eigenvalue weighted by molar-refractivity contribution is -0.877. The Morgan fingerprint density at radius 1 is 1.69 bits per heavy atom. The van der Waals surface area contributed by atoms with Crippen LogP contribution in [0.1, 0.15) is 6.92 Å². The summed E-state index contributed by atoms with van der Waals surface area (Å²) < 4.78 is -1.23. The van der Waals surface area contributed by atoms with E-state index < -0.39 is 35.0 Å². The van der Waals surface area contributed by atoms with Crippen molar-refractivity contribution in [2.24, 2.45) is 16.5 Å². The Kier molecular flexibility index (Phi) is 3.48. The highest BCUT2D eigenvalue weighted by molar-refractivity contribution is 5.98. The Labute approximate surface area is 91.4 Å². The van der Waals surface area contributed by atoms with Crippen molar-refractivity contribution in [3.05, 3.63) is 0 Å². The lowest BCUT2D eigenvalue weighted by Gasteiger charge is -2.22. The summed E-state index contributed by atoms with van der Waals surface area (Å²) in [6, 6.07) is -0.959. The Hall–Kier alpha value is -1.64. The predicted molar refractivity (Wildman–Crippen MR) is 52.4 cm³/mol. The number of rotatable bonds is 2. The average Bonchev–Trinajstić information content (AvgIpc) is 2.60. The first-order valence-electron chi connectivity index (χ1n) is 4.59. The number of carbonyl (C=O) groups is 3. The van der Waals surface area contributed by atoms with E-state index in [-0.39, 0.29) is 6.54 Å². The minimum atomic E-state index is -1.23. The number of hydrogen-bond acceptors (Lipinski definition) is 7. The molecule has 1 aliphatic heterocycles. The normalized spacial score (nSPS) is 25.6. The second-order valence-electron chi connectivity index (χ2n) is 3.30. The molecule has 0 spiro atoms. The lowest BCUT2D eigenvalue weighted by Crippen LogP contribution is -2.60. The van der Waals surface area contributed by atoms with Crippen molar-refractivity contribution in [2.45, 2.75) is 13.0 Å². The van der Waals surface area contributed by atoms with Gasteiger partial charge in [-0.3, -0.25) is 4.84 Å². The number of nitrogens with two attached hydrogens (primary N) is 2. The molecule has 1 rings (SSSR count). The first-order valence-corrected chi connectivity index (χ1v) is 4.59. The Balaban J connectivity index is 3.03. The maximum absolute atomic E-state index is 11.7. The molecule has 0 aliphatic carbocycles. The molecule has 8 heteroatoms. The van der Waals surface area contributed by atoms with Crippen LogP contribution in [-0.2, 0) is 19.2 Å². The van der Waals surface area contributed by atoms with Crippen LogP contribution in [0.15, 0.2) is 4.99 Å². The largest absolute Gasteiger partial charge is 0.390 e. The van der Waals surface area contributed by atoms with Crippen molar-refractivity contribution in [2.75, 3.05) is 13.1 Å². The molecule has 16 heavy (non-hydrogen) atoms. The fraction of sp³-hybridized carbons (Fsp3) is 0.500. The fourth-order valence-corrected chi connectivity index (χ4v) is 1.20. The van der Waals surface area contributed by atoms with Crippen molar-refractivity contribution in [3.8, 4) is 0 Å². The van der Waals surface area contributed by atoms with Gasteiger partial charge in [0.25, 0.3) is 0 Å². The Morgan fingerprint density at radius 2 is 2.31 bits per heavy atom. The standard InChI is InChI=1S/C8H13N4O4/c1-5(10)8(15)12(16-7(14)2-9)4-11-3-6(12)13/h4-5H,2-3,9-10H2,1H3/q+1/t5-,12?/m0/s1. The van der Waals surface area contributed by atoms with E-state index in [1.165, 1.54) is 6.92 Å². The minimum absolute atomic E-state index is 0.226. The van der Waals surface area contributed by atoms with E-state index in [0.717, 1.165) is 6.34 Å². The van der Waals surface area contributed by atoms with Crippen LogP contribution < -0.4 is 11.5 Å². The molecule has 0 saturated heterocycles. The number of amides is 2. The van der Waals surface area contributed by atoms with Crippen LogP contribution in [-0.4, -0.2) is 47.9 Å². The highest BCUT2D eigenvalue weighted by atomic mass is 16.8. The summed E-state index contributed by atoms with van der Waals surface area (Å²) in [5.74, 6) is -2.30. The predicted octanol–water partition coefficient (Wildman–Crippen LogP) is -2.34. The highest BCUT2D eigenvalue weighted by Gasteiger charge is 2.53. The van der Waals surface area contributed by atoms with Crippen LogP contribution in [0.5, 0.6) is 0 Å². The molecule has 0 bridgehead atoms. The summed E-state index contributed by atoms with van der Waals surface area (Å²) in [4.78, 5) is 42.7. The zero-order valence-corrected chi connectivity index (χ0v) is 8.75. The topological polar surface area (TPSA) is 125 Å². The Bertz CT molecular complexity index is 365. The molecule has 0 aromatic heterocycles. The number of hydroxylamine groups is 3. The molecule has 0 aromatic carbocycles. The van der Waals surface area contributed by atoms with Crippen LogP contribution in [0.2, 0.25) is 0 Å². The molecule has 0 radical (unpaired) electrons. The number of nitrogens with zero attached hydrogens (tertiary/aromatic N) is 2. The summed E-state index contributed by atoms with van der Waals surface area (Å²) in [5.41, 5.74) is 10.4.